The van der Waals surface area contributed by atoms with E-state index >= 15 is 0 Å². The minimum Gasteiger partial charge on any atom is -0.375 e. The van der Waals surface area contributed by atoms with Crippen molar-refractivity contribution in [2.45, 2.75) is 0 Å². The molecule has 0 unspecified atom stereocenters. The minimum atomic E-state index is -0.691. The Morgan fingerprint density at radius 3 is 2.56 bits per heavy atom. The molecule has 0 aromatic carbocycles. The molecular formula is C18H17N7O2. The average molecular weight is 363 g/mol. The summed E-state index contributed by atoms with van der Waals surface area (Å²) in [5.41, 5.74) is 13.1. The maximum absolute atomic E-state index is 11.7. The fourth-order valence-corrected chi connectivity index (χ4v) is 2.37. The van der Waals surface area contributed by atoms with Crippen molar-refractivity contribution in [3.63, 3.8) is 0 Å². The van der Waals surface area contributed by atoms with Crippen molar-refractivity contribution >= 4 is 29.0 Å². The van der Waals surface area contributed by atoms with Gasteiger partial charge in [-0.1, -0.05) is 6.07 Å². The van der Waals surface area contributed by atoms with Crippen molar-refractivity contribution in [1.82, 2.24) is 15.0 Å². The highest BCUT2D eigenvalue weighted by Gasteiger charge is 2.12. The number of pyridine rings is 3. The summed E-state index contributed by atoms with van der Waals surface area (Å²) in [6.45, 7) is -0.0627. The highest BCUT2D eigenvalue weighted by molar-refractivity contribution is 5.97. The molecule has 3 rings (SSSR count). The molecule has 27 heavy (non-hydrogen) atoms. The summed E-state index contributed by atoms with van der Waals surface area (Å²) < 4.78 is 0. The van der Waals surface area contributed by atoms with Crippen LogP contribution >= 0.6 is 0 Å². The van der Waals surface area contributed by atoms with Crippen LogP contribution in [0.4, 0.5) is 17.2 Å². The quantitative estimate of drug-likeness (QED) is 0.494. The molecule has 0 atom stereocenters. The van der Waals surface area contributed by atoms with Crippen molar-refractivity contribution in [2.24, 2.45) is 11.5 Å². The number of primary amides is 2. The van der Waals surface area contributed by atoms with Crippen LogP contribution < -0.4 is 22.1 Å². The lowest BCUT2D eigenvalue weighted by Crippen LogP contribution is -2.22. The number of carbonyl (C=O) groups excluding carboxylic acids is 2. The third-order valence-electron chi connectivity index (χ3n) is 3.58. The largest absolute Gasteiger partial charge is 0.375 e. The molecule has 9 heteroatoms. The zero-order valence-corrected chi connectivity index (χ0v) is 14.2. The number of amides is 2. The van der Waals surface area contributed by atoms with Gasteiger partial charge in [0.25, 0.3) is 5.91 Å². The van der Waals surface area contributed by atoms with Crippen molar-refractivity contribution in [1.29, 1.82) is 0 Å². The highest BCUT2D eigenvalue weighted by atomic mass is 16.1. The maximum Gasteiger partial charge on any atom is 0.269 e. The molecule has 2 amide bonds. The fourth-order valence-electron chi connectivity index (χ4n) is 2.37. The molecule has 0 aliphatic heterocycles. The summed E-state index contributed by atoms with van der Waals surface area (Å²) >= 11 is 0. The Bertz CT molecular complexity index is 976. The second kappa shape index (κ2) is 7.91. The van der Waals surface area contributed by atoms with Gasteiger partial charge in [0.2, 0.25) is 5.91 Å². The zero-order valence-electron chi connectivity index (χ0n) is 14.2. The molecule has 0 spiro atoms. The summed E-state index contributed by atoms with van der Waals surface area (Å²) in [6, 6.07) is 10.7. The molecule has 3 heterocycles. The highest BCUT2D eigenvalue weighted by Crippen LogP contribution is 2.24. The van der Waals surface area contributed by atoms with Crippen LogP contribution in [0.25, 0.3) is 11.3 Å². The van der Waals surface area contributed by atoms with Gasteiger partial charge in [-0.15, -0.1) is 0 Å². The second-order valence-electron chi connectivity index (χ2n) is 5.57. The van der Waals surface area contributed by atoms with Crippen molar-refractivity contribution in [3.8, 4) is 11.3 Å². The molecule has 3 aromatic rings. The molecule has 0 radical (unpaired) electrons. The molecule has 0 aliphatic carbocycles. The van der Waals surface area contributed by atoms with E-state index in [0.29, 0.717) is 17.2 Å². The molecular weight excluding hydrogens is 346 g/mol. The van der Waals surface area contributed by atoms with E-state index in [1.165, 1.54) is 6.20 Å². The van der Waals surface area contributed by atoms with Gasteiger partial charge in [0.05, 0.1) is 29.8 Å². The van der Waals surface area contributed by atoms with E-state index in [0.717, 1.165) is 11.3 Å². The van der Waals surface area contributed by atoms with E-state index in [4.69, 9.17) is 11.5 Å². The molecule has 0 aliphatic rings. The minimum absolute atomic E-state index is 0.0516. The van der Waals surface area contributed by atoms with Crippen LogP contribution in [0.15, 0.2) is 55.0 Å². The Balaban J connectivity index is 1.90. The molecule has 0 saturated heterocycles. The number of nitrogens with two attached hydrogens (primary N) is 2. The number of nitrogens with one attached hydrogen (secondary N) is 2. The van der Waals surface area contributed by atoms with Crippen LogP contribution in [0.2, 0.25) is 0 Å². The SMILES string of the molecule is NC(=O)CNc1cnc(C(N)=O)c(Nc2cccc(-c3ccncc3)n2)c1. The Morgan fingerprint density at radius 1 is 1.07 bits per heavy atom. The smallest absolute Gasteiger partial charge is 0.269 e. The van der Waals surface area contributed by atoms with E-state index in [2.05, 4.69) is 25.6 Å². The number of hydrogen-bond acceptors (Lipinski definition) is 7. The number of hydrogen-bond donors (Lipinski definition) is 4. The maximum atomic E-state index is 11.7. The lowest BCUT2D eigenvalue weighted by atomic mass is 10.2. The Labute approximate surface area is 154 Å². The Hall–Kier alpha value is -4.01. The van der Waals surface area contributed by atoms with Gasteiger partial charge in [0, 0.05) is 18.0 Å². The van der Waals surface area contributed by atoms with Crippen LogP contribution in [-0.2, 0) is 4.79 Å². The first-order chi connectivity index (χ1) is 13.0. The summed E-state index contributed by atoms with van der Waals surface area (Å²) in [6.07, 6.45) is 4.76. The summed E-state index contributed by atoms with van der Waals surface area (Å²) in [5.74, 6) is -0.708. The number of rotatable bonds is 7. The van der Waals surface area contributed by atoms with Gasteiger partial charge in [-0.05, 0) is 30.3 Å². The first kappa shape index (κ1) is 17.8. The lowest BCUT2D eigenvalue weighted by molar-refractivity contribution is -0.116. The normalized spacial score (nSPS) is 10.2. The van der Waals surface area contributed by atoms with Crippen LogP contribution in [-0.4, -0.2) is 33.3 Å². The number of carbonyl (C=O) groups is 2. The Morgan fingerprint density at radius 2 is 1.85 bits per heavy atom. The van der Waals surface area contributed by atoms with Gasteiger partial charge in [-0.3, -0.25) is 14.6 Å². The third-order valence-corrected chi connectivity index (χ3v) is 3.58. The molecule has 0 fully saturated rings. The average Bonchev–Trinajstić information content (AvgIpc) is 2.67. The van der Waals surface area contributed by atoms with Crippen LogP contribution in [0.3, 0.4) is 0 Å². The van der Waals surface area contributed by atoms with E-state index in [1.54, 1.807) is 24.5 Å². The summed E-state index contributed by atoms with van der Waals surface area (Å²) in [4.78, 5) is 35.2. The lowest BCUT2D eigenvalue weighted by Gasteiger charge is -2.12. The second-order valence-corrected chi connectivity index (χ2v) is 5.57. The standard InChI is InChI=1S/C18H17N7O2/c19-15(26)10-22-12-8-14(17(18(20)27)23-9-12)25-16-3-1-2-13(24-16)11-4-6-21-7-5-11/h1-9,22H,10H2,(H2,19,26)(H2,20,27)(H,24,25). The van der Waals surface area contributed by atoms with E-state index < -0.39 is 11.8 Å². The third kappa shape index (κ3) is 4.54. The molecule has 6 N–H and O–H groups in total. The number of aromatic nitrogens is 3. The molecule has 9 nitrogen and oxygen atoms in total. The van der Waals surface area contributed by atoms with Crippen molar-refractivity contribution < 1.29 is 9.59 Å². The van der Waals surface area contributed by atoms with E-state index in [-0.39, 0.29) is 12.2 Å². The monoisotopic (exact) mass is 363 g/mol. The first-order valence-electron chi connectivity index (χ1n) is 7.99. The Kier molecular flexibility index (Phi) is 5.22. The van der Waals surface area contributed by atoms with Gasteiger partial charge in [-0.25, -0.2) is 9.97 Å². The van der Waals surface area contributed by atoms with Gasteiger partial charge in [0.1, 0.15) is 5.82 Å². The van der Waals surface area contributed by atoms with Crippen molar-refractivity contribution in [2.75, 3.05) is 17.2 Å². The predicted molar refractivity (Wildman–Crippen MR) is 101 cm³/mol. The van der Waals surface area contributed by atoms with Crippen LogP contribution in [0.5, 0.6) is 0 Å². The van der Waals surface area contributed by atoms with Gasteiger partial charge in [0.15, 0.2) is 5.69 Å². The van der Waals surface area contributed by atoms with Gasteiger partial charge >= 0.3 is 0 Å². The fraction of sp³-hybridized carbons (Fsp3) is 0.0556. The topological polar surface area (TPSA) is 149 Å². The zero-order chi connectivity index (χ0) is 19.2. The number of nitrogens with zero attached hydrogens (tertiary/aromatic N) is 3. The van der Waals surface area contributed by atoms with Crippen LogP contribution in [0.1, 0.15) is 10.5 Å². The van der Waals surface area contributed by atoms with Crippen LogP contribution in [0, 0.1) is 0 Å². The summed E-state index contributed by atoms with van der Waals surface area (Å²) in [5, 5.41) is 5.86. The van der Waals surface area contributed by atoms with E-state index in [9.17, 15) is 9.59 Å². The van der Waals surface area contributed by atoms with Crippen molar-refractivity contribution in [3.05, 3.63) is 60.7 Å². The molecule has 136 valence electrons. The summed E-state index contributed by atoms with van der Waals surface area (Å²) in [7, 11) is 0. The molecule has 0 bridgehead atoms. The first-order valence-corrected chi connectivity index (χ1v) is 7.99. The molecule has 0 saturated carbocycles. The molecule has 3 aromatic heterocycles. The predicted octanol–water partition coefficient (Wildman–Crippen LogP) is 1.28. The van der Waals surface area contributed by atoms with Gasteiger partial charge < -0.3 is 22.1 Å². The number of anilines is 3. The van der Waals surface area contributed by atoms with Gasteiger partial charge in [-0.2, -0.15) is 0 Å². The van der Waals surface area contributed by atoms with E-state index in [1.807, 2.05) is 24.3 Å².